The lowest BCUT2D eigenvalue weighted by atomic mass is 10.2. The number of benzene rings is 1. The van der Waals surface area contributed by atoms with Gasteiger partial charge in [-0.2, -0.15) is 0 Å². The van der Waals surface area contributed by atoms with E-state index in [1.807, 2.05) is 0 Å². The number of amides is 1. The van der Waals surface area contributed by atoms with Gasteiger partial charge >= 0.3 is 6.09 Å². The quantitative estimate of drug-likeness (QED) is 0.483. The van der Waals surface area contributed by atoms with Gasteiger partial charge in [-0.25, -0.2) is 4.79 Å². The molecule has 0 unspecified atom stereocenters. The number of carbonyl (C=O) groups is 1. The molecule has 14 heavy (non-hydrogen) atoms. The second kappa shape index (κ2) is 4.36. The molecule has 0 heterocycles. The first kappa shape index (κ1) is 10.2. The molecule has 5 heteroatoms. The van der Waals surface area contributed by atoms with E-state index in [1.54, 1.807) is 12.1 Å². The topological polar surface area (TPSA) is 84.6 Å². The van der Waals surface area contributed by atoms with E-state index in [9.17, 15) is 9.90 Å². The van der Waals surface area contributed by atoms with Crippen LogP contribution in [0.1, 0.15) is 5.56 Å². The van der Waals surface area contributed by atoms with Crippen LogP contribution in [0.5, 0.6) is 5.75 Å². The lowest BCUT2D eigenvalue weighted by Crippen LogP contribution is -2.22. The van der Waals surface area contributed by atoms with Gasteiger partial charge in [-0.3, -0.25) is 0 Å². The van der Waals surface area contributed by atoms with Crippen molar-refractivity contribution in [3.8, 4) is 5.75 Å². The molecule has 0 atom stereocenters. The number of rotatable bonds is 2. The molecule has 4 N–H and O–H groups in total. The van der Waals surface area contributed by atoms with Gasteiger partial charge in [0.25, 0.3) is 0 Å². The number of ether oxygens (including phenoxy) is 1. The first-order chi connectivity index (χ1) is 6.63. The highest BCUT2D eigenvalue weighted by Gasteiger charge is 2.03. The van der Waals surface area contributed by atoms with Gasteiger partial charge < -0.3 is 20.9 Å². The third-order valence-corrected chi connectivity index (χ3v) is 1.71. The average Bonchev–Trinajstić information content (AvgIpc) is 2.19. The minimum absolute atomic E-state index is 0.0932. The summed E-state index contributed by atoms with van der Waals surface area (Å²) in [6.45, 7) is 0.184. The van der Waals surface area contributed by atoms with Gasteiger partial charge in [0.1, 0.15) is 5.75 Å². The number of hydrogen-bond donors (Lipinski definition) is 3. The van der Waals surface area contributed by atoms with Crippen LogP contribution in [0.2, 0.25) is 0 Å². The van der Waals surface area contributed by atoms with E-state index in [0.717, 1.165) is 0 Å². The molecule has 1 rings (SSSR count). The zero-order chi connectivity index (χ0) is 10.6. The van der Waals surface area contributed by atoms with Crippen molar-refractivity contribution < 1.29 is 14.6 Å². The number of anilines is 1. The molecular formula is C9H12N2O3. The van der Waals surface area contributed by atoms with E-state index in [2.05, 4.69) is 10.1 Å². The second-order valence-corrected chi connectivity index (χ2v) is 2.73. The maximum Gasteiger partial charge on any atom is 0.407 e. The minimum Gasteiger partial charge on any atom is -0.508 e. The molecule has 76 valence electrons. The van der Waals surface area contributed by atoms with Crippen molar-refractivity contribution >= 4 is 11.8 Å². The smallest absolute Gasteiger partial charge is 0.407 e. The number of methoxy groups -OCH3 is 1. The van der Waals surface area contributed by atoms with E-state index in [4.69, 9.17) is 5.73 Å². The Balaban J connectivity index is 2.66. The van der Waals surface area contributed by atoms with Crippen LogP contribution in [0.3, 0.4) is 0 Å². The number of nitrogen functional groups attached to an aromatic ring is 1. The van der Waals surface area contributed by atoms with Gasteiger partial charge in [-0.1, -0.05) is 0 Å². The molecule has 1 amide bonds. The Morgan fingerprint density at radius 3 is 3.00 bits per heavy atom. The summed E-state index contributed by atoms with van der Waals surface area (Å²) in [5, 5.41) is 11.8. The monoisotopic (exact) mass is 196 g/mol. The molecular weight excluding hydrogens is 184 g/mol. The van der Waals surface area contributed by atoms with Gasteiger partial charge in [0.15, 0.2) is 0 Å². The molecule has 0 aliphatic carbocycles. The third-order valence-electron chi connectivity index (χ3n) is 1.71. The van der Waals surface area contributed by atoms with Gasteiger partial charge in [-0.15, -0.1) is 0 Å². The Hall–Kier alpha value is -1.91. The standard InChI is InChI=1S/C9H12N2O3/c1-14-9(13)11-5-6-4-7(10)2-3-8(6)12/h2-4,12H,5,10H2,1H3,(H,11,13). The van der Waals surface area contributed by atoms with Crippen LogP contribution < -0.4 is 11.1 Å². The first-order valence-electron chi connectivity index (χ1n) is 4.02. The molecule has 0 saturated heterocycles. The predicted octanol–water partition coefficient (Wildman–Crippen LogP) is 0.830. The zero-order valence-corrected chi connectivity index (χ0v) is 7.78. The lowest BCUT2D eigenvalue weighted by Gasteiger charge is -2.06. The summed E-state index contributed by atoms with van der Waals surface area (Å²) in [6, 6.07) is 4.64. The Labute approximate surface area is 81.5 Å². The van der Waals surface area contributed by atoms with Gasteiger partial charge in [0.2, 0.25) is 0 Å². The lowest BCUT2D eigenvalue weighted by molar-refractivity contribution is 0.170. The Bertz CT molecular complexity index is 339. The number of nitrogens with one attached hydrogen (secondary N) is 1. The average molecular weight is 196 g/mol. The minimum atomic E-state index is -0.549. The zero-order valence-electron chi connectivity index (χ0n) is 7.78. The molecule has 0 aliphatic rings. The second-order valence-electron chi connectivity index (χ2n) is 2.73. The van der Waals surface area contributed by atoms with Crippen molar-refractivity contribution in [2.24, 2.45) is 0 Å². The largest absolute Gasteiger partial charge is 0.508 e. The maximum absolute atomic E-state index is 10.7. The van der Waals surface area contributed by atoms with E-state index in [1.165, 1.54) is 13.2 Å². The summed E-state index contributed by atoms with van der Waals surface area (Å²) in [4.78, 5) is 10.7. The summed E-state index contributed by atoms with van der Waals surface area (Å²) in [5.41, 5.74) is 6.59. The van der Waals surface area contributed by atoms with Crippen LogP contribution in [0, 0.1) is 0 Å². The van der Waals surface area contributed by atoms with E-state index in [-0.39, 0.29) is 12.3 Å². The van der Waals surface area contributed by atoms with Crippen molar-refractivity contribution in [3.63, 3.8) is 0 Å². The van der Waals surface area contributed by atoms with Crippen molar-refractivity contribution in [2.45, 2.75) is 6.54 Å². The fourth-order valence-electron chi connectivity index (χ4n) is 0.987. The van der Waals surface area contributed by atoms with Crippen LogP contribution in [-0.2, 0) is 11.3 Å². The number of hydrogen-bond acceptors (Lipinski definition) is 4. The predicted molar refractivity (Wildman–Crippen MR) is 51.8 cm³/mol. The maximum atomic E-state index is 10.7. The first-order valence-corrected chi connectivity index (χ1v) is 4.02. The summed E-state index contributed by atoms with van der Waals surface area (Å²) in [5.74, 6) is 0.0932. The van der Waals surface area contributed by atoms with Crippen LogP contribution >= 0.6 is 0 Å². The number of aromatic hydroxyl groups is 1. The summed E-state index contributed by atoms with van der Waals surface area (Å²) in [6.07, 6.45) is -0.549. The van der Waals surface area contributed by atoms with Crippen molar-refractivity contribution in [3.05, 3.63) is 23.8 Å². The molecule has 0 radical (unpaired) electrons. The molecule has 0 aromatic heterocycles. The van der Waals surface area contributed by atoms with Crippen molar-refractivity contribution in [1.82, 2.24) is 5.32 Å². The van der Waals surface area contributed by atoms with Gasteiger partial charge in [-0.05, 0) is 18.2 Å². The van der Waals surface area contributed by atoms with E-state index in [0.29, 0.717) is 11.3 Å². The molecule has 0 aliphatic heterocycles. The number of alkyl carbamates (subject to hydrolysis) is 1. The summed E-state index contributed by atoms with van der Waals surface area (Å²) in [7, 11) is 1.27. The van der Waals surface area contributed by atoms with Crippen LogP contribution in [-0.4, -0.2) is 18.3 Å². The van der Waals surface area contributed by atoms with E-state index < -0.39 is 6.09 Å². The van der Waals surface area contributed by atoms with E-state index >= 15 is 0 Å². The normalized spacial score (nSPS) is 9.50. The Morgan fingerprint density at radius 1 is 1.64 bits per heavy atom. The van der Waals surface area contributed by atoms with Crippen LogP contribution in [0.25, 0.3) is 0 Å². The van der Waals surface area contributed by atoms with Gasteiger partial charge in [0.05, 0.1) is 7.11 Å². The molecule has 0 spiro atoms. The van der Waals surface area contributed by atoms with Crippen molar-refractivity contribution in [1.29, 1.82) is 0 Å². The molecule has 5 nitrogen and oxygen atoms in total. The molecule has 1 aromatic rings. The highest BCUT2D eigenvalue weighted by atomic mass is 16.5. The number of carbonyl (C=O) groups excluding carboxylic acids is 1. The summed E-state index contributed by atoms with van der Waals surface area (Å²) < 4.78 is 4.38. The Morgan fingerprint density at radius 2 is 2.36 bits per heavy atom. The molecule has 0 fully saturated rings. The number of nitrogens with two attached hydrogens (primary N) is 1. The fourth-order valence-corrected chi connectivity index (χ4v) is 0.987. The van der Waals surface area contributed by atoms with Crippen molar-refractivity contribution in [2.75, 3.05) is 12.8 Å². The Kier molecular flexibility index (Phi) is 3.17. The highest BCUT2D eigenvalue weighted by molar-refractivity contribution is 5.67. The summed E-state index contributed by atoms with van der Waals surface area (Å²) >= 11 is 0. The van der Waals surface area contributed by atoms with Crippen LogP contribution in [0.15, 0.2) is 18.2 Å². The number of phenols is 1. The SMILES string of the molecule is COC(=O)NCc1cc(N)ccc1O. The fraction of sp³-hybridized carbons (Fsp3) is 0.222. The molecule has 0 saturated carbocycles. The molecule has 1 aromatic carbocycles. The third kappa shape index (κ3) is 2.55. The van der Waals surface area contributed by atoms with Gasteiger partial charge in [0, 0.05) is 17.8 Å². The highest BCUT2D eigenvalue weighted by Crippen LogP contribution is 2.19. The number of phenolic OH excluding ortho intramolecular Hbond substituents is 1. The van der Waals surface area contributed by atoms with Crippen LogP contribution in [0.4, 0.5) is 10.5 Å². The molecule has 0 bridgehead atoms.